The zero-order valence-corrected chi connectivity index (χ0v) is 23.1. The summed E-state index contributed by atoms with van der Waals surface area (Å²) in [5.41, 5.74) is 1.14. The zero-order valence-electron chi connectivity index (χ0n) is 20.7. The van der Waals surface area contributed by atoms with Gasteiger partial charge in [-0.2, -0.15) is 0 Å². The largest absolute Gasteiger partial charge is 0.490 e. The highest BCUT2D eigenvalue weighted by molar-refractivity contribution is 9.10. The number of amides is 2. The van der Waals surface area contributed by atoms with Crippen LogP contribution in [0.3, 0.4) is 0 Å². The van der Waals surface area contributed by atoms with Crippen LogP contribution in [0.1, 0.15) is 34.4 Å². The molecule has 3 aromatic rings. The summed E-state index contributed by atoms with van der Waals surface area (Å²) in [7, 11) is 1.22. The molecule has 2 aromatic carbocycles. The second-order valence-electron chi connectivity index (χ2n) is 7.99. The van der Waals surface area contributed by atoms with Gasteiger partial charge in [0.1, 0.15) is 12.4 Å². The number of nitro benzene ring substituents is 1. The summed E-state index contributed by atoms with van der Waals surface area (Å²) in [6, 6.07) is 12.4. The molecule has 39 heavy (non-hydrogen) atoms. The highest BCUT2D eigenvalue weighted by Crippen LogP contribution is 2.39. The van der Waals surface area contributed by atoms with Gasteiger partial charge in [-0.3, -0.25) is 24.6 Å². The number of rotatable bonds is 10. The average Bonchev–Trinajstić information content (AvgIpc) is 3.49. The summed E-state index contributed by atoms with van der Waals surface area (Å²) in [4.78, 5) is 49.0. The normalized spacial score (nSPS) is 14.1. The molecular weight excluding hydrogens is 596 g/mol. The number of thioether (sulfide) groups is 1. The lowest BCUT2D eigenvalue weighted by Gasteiger charge is -2.14. The first kappa shape index (κ1) is 27.9. The van der Waals surface area contributed by atoms with Crippen LogP contribution in [0.15, 0.2) is 62.3 Å². The number of ether oxygens (including phenoxy) is 3. The van der Waals surface area contributed by atoms with Crippen LogP contribution in [0.4, 0.5) is 10.5 Å². The third-order valence-corrected chi connectivity index (χ3v) is 7.00. The number of methoxy groups -OCH3 is 1. The number of carbonyl (C=O) groups excluding carboxylic acids is 3. The monoisotopic (exact) mass is 616 g/mol. The van der Waals surface area contributed by atoms with E-state index < -0.39 is 22.0 Å². The van der Waals surface area contributed by atoms with Crippen molar-refractivity contribution < 1.29 is 37.9 Å². The van der Waals surface area contributed by atoms with Gasteiger partial charge in [0, 0.05) is 16.6 Å². The van der Waals surface area contributed by atoms with Crippen molar-refractivity contribution in [1.29, 1.82) is 0 Å². The maximum atomic E-state index is 13.0. The number of esters is 1. The van der Waals surface area contributed by atoms with Gasteiger partial charge in [0.25, 0.3) is 16.8 Å². The van der Waals surface area contributed by atoms with E-state index in [0.717, 1.165) is 16.7 Å². The summed E-state index contributed by atoms with van der Waals surface area (Å²) in [5.74, 6) is -0.180. The van der Waals surface area contributed by atoms with Gasteiger partial charge in [0.2, 0.25) is 5.76 Å². The van der Waals surface area contributed by atoms with Crippen LogP contribution in [0.2, 0.25) is 0 Å². The van der Waals surface area contributed by atoms with E-state index in [1.165, 1.54) is 31.4 Å². The number of carbonyl (C=O) groups is 3. The van der Waals surface area contributed by atoms with E-state index in [2.05, 4.69) is 20.7 Å². The van der Waals surface area contributed by atoms with Crippen molar-refractivity contribution in [3.63, 3.8) is 0 Å². The van der Waals surface area contributed by atoms with Crippen LogP contribution in [-0.4, -0.2) is 40.7 Å². The Labute approximate surface area is 235 Å². The quantitative estimate of drug-likeness (QED) is 0.116. The third kappa shape index (κ3) is 6.49. The summed E-state index contributed by atoms with van der Waals surface area (Å²) in [6.07, 6.45) is 1.56. The summed E-state index contributed by atoms with van der Waals surface area (Å²) in [6.45, 7) is 2.06. The Kier molecular flexibility index (Phi) is 8.72. The number of nitrogens with zero attached hydrogens (tertiary/aromatic N) is 2. The lowest BCUT2D eigenvalue weighted by Crippen LogP contribution is -2.27. The second kappa shape index (κ2) is 12.2. The SMILES string of the molecule is CCOc1cc(/C=C2/SC(=O)N(Cc3ccc(C(=O)OC)o3)C2=O)c(Br)cc1OCc1cccc([N+](=O)[O-])c1. The van der Waals surface area contributed by atoms with E-state index in [1.54, 1.807) is 37.3 Å². The van der Waals surface area contributed by atoms with E-state index in [4.69, 9.17) is 13.9 Å². The molecule has 202 valence electrons. The molecule has 0 spiro atoms. The van der Waals surface area contributed by atoms with Gasteiger partial charge in [-0.25, -0.2) is 4.79 Å². The molecule has 2 amide bonds. The van der Waals surface area contributed by atoms with Gasteiger partial charge < -0.3 is 18.6 Å². The lowest BCUT2D eigenvalue weighted by molar-refractivity contribution is -0.384. The molecule has 13 heteroatoms. The maximum absolute atomic E-state index is 13.0. The molecule has 0 saturated carbocycles. The Morgan fingerprint density at radius 3 is 2.64 bits per heavy atom. The second-order valence-corrected chi connectivity index (χ2v) is 9.84. The number of hydrogen-bond acceptors (Lipinski definition) is 10. The number of hydrogen-bond donors (Lipinski definition) is 0. The molecular formula is C26H21BrN2O9S. The minimum Gasteiger partial charge on any atom is -0.490 e. The molecule has 11 nitrogen and oxygen atoms in total. The third-order valence-electron chi connectivity index (χ3n) is 5.40. The number of imide groups is 1. The Morgan fingerprint density at radius 1 is 1.15 bits per heavy atom. The first-order valence-electron chi connectivity index (χ1n) is 11.4. The first-order valence-corrected chi connectivity index (χ1v) is 13.1. The van der Waals surface area contributed by atoms with E-state index in [0.29, 0.717) is 33.7 Å². The fraction of sp³-hybridized carbons (Fsp3) is 0.192. The zero-order chi connectivity index (χ0) is 28.1. The number of furan rings is 1. The van der Waals surface area contributed by atoms with Crippen molar-refractivity contribution in [2.24, 2.45) is 0 Å². The lowest BCUT2D eigenvalue weighted by atomic mass is 10.1. The molecule has 1 saturated heterocycles. The molecule has 1 aromatic heterocycles. The van der Waals surface area contributed by atoms with E-state index in [1.807, 2.05) is 0 Å². The van der Waals surface area contributed by atoms with Gasteiger partial charge in [-0.1, -0.05) is 28.1 Å². The average molecular weight is 617 g/mol. The molecule has 2 heterocycles. The summed E-state index contributed by atoms with van der Waals surface area (Å²) in [5, 5.41) is 10.6. The van der Waals surface area contributed by atoms with Crippen molar-refractivity contribution in [1.82, 2.24) is 4.90 Å². The van der Waals surface area contributed by atoms with E-state index >= 15 is 0 Å². The van der Waals surface area contributed by atoms with E-state index in [-0.39, 0.29) is 35.3 Å². The first-order chi connectivity index (χ1) is 18.7. The topological polar surface area (TPSA) is 138 Å². The van der Waals surface area contributed by atoms with Crippen LogP contribution >= 0.6 is 27.7 Å². The minimum absolute atomic E-state index is 0.0322. The molecule has 0 unspecified atom stereocenters. The van der Waals surface area contributed by atoms with Crippen LogP contribution < -0.4 is 9.47 Å². The van der Waals surface area contributed by atoms with Gasteiger partial charge in [-0.05, 0) is 60.2 Å². The van der Waals surface area contributed by atoms with Crippen molar-refractivity contribution in [2.45, 2.75) is 20.1 Å². The molecule has 4 rings (SSSR count). The van der Waals surface area contributed by atoms with Crippen LogP contribution in [0.5, 0.6) is 11.5 Å². The van der Waals surface area contributed by atoms with Crippen LogP contribution in [-0.2, 0) is 22.7 Å². The molecule has 0 aliphatic carbocycles. The Morgan fingerprint density at radius 2 is 1.92 bits per heavy atom. The molecule has 1 aliphatic rings. The highest BCUT2D eigenvalue weighted by Gasteiger charge is 2.36. The molecule has 0 bridgehead atoms. The Bertz CT molecular complexity index is 1480. The Hall–Kier alpha value is -4.10. The van der Waals surface area contributed by atoms with E-state index in [9.17, 15) is 24.5 Å². The van der Waals surface area contributed by atoms with Crippen molar-refractivity contribution in [2.75, 3.05) is 13.7 Å². The molecule has 0 N–H and O–H groups in total. The fourth-order valence-corrected chi connectivity index (χ4v) is 4.84. The van der Waals surface area contributed by atoms with Gasteiger partial charge in [0.15, 0.2) is 11.5 Å². The fourth-order valence-electron chi connectivity index (χ4n) is 3.57. The summed E-state index contributed by atoms with van der Waals surface area (Å²) < 4.78 is 22.2. The number of halogens is 1. The summed E-state index contributed by atoms with van der Waals surface area (Å²) >= 11 is 4.25. The molecule has 0 atom stereocenters. The molecule has 1 aliphatic heterocycles. The Balaban J connectivity index is 1.53. The van der Waals surface area contributed by atoms with Gasteiger partial charge in [0.05, 0.1) is 30.1 Å². The van der Waals surface area contributed by atoms with Gasteiger partial charge in [-0.15, -0.1) is 0 Å². The highest BCUT2D eigenvalue weighted by atomic mass is 79.9. The predicted molar refractivity (Wildman–Crippen MR) is 144 cm³/mol. The minimum atomic E-state index is -0.664. The number of benzene rings is 2. The van der Waals surface area contributed by atoms with Crippen molar-refractivity contribution in [3.8, 4) is 11.5 Å². The van der Waals surface area contributed by atoms with Crippen LogP contribution in [0.25, 0.3) is 6.08 Å². The van der Waals surface area contributed by atoms with Crippen molar-refractivity contribution in [3.05, 3.63) is 90.7 Å². The van der Waals surface area contributed by atoms with Crippen LogP contribution in [0, 0.1) is 10.1 Å². The predicted octanol–water partition coefficient (Wildman–Crippen LogP) is 5.95. The maximum Gasteiger partial charge on any atom is 0.373 e. The van der Waals surface area contributed by atoms with Gasteiger partial charge >= 0.3 is 5.97 Å². The standard InChI is InChI=1S/C26H21BrN2O9S/c1-3-36-21-10-16(19(27)12-22(21)37-14-15-5-4-6-17(9-15)29(33)34)11-23-24(30)28(26(32)39-23)13-18-7-8-20(38-18)25(31)35-2/h4-12H,3,13-14H2,1-2H3/b23-11+. The number of nitro groups is 1. The molecule has 1 fully saturated rings. The number of non-ortho nitro benzene ring substituents is 1. The smallest absolute Gasteiger partial charge is 0.373 e. The molecule has 0 radical (unpaired) electrons. The van der Waals surface area contributed by atoms with Crippen molar-refractivity contribution >= 4 is 56.6 Å².